The molecule has 1 saturated heterocycles. The van der Waals surface area contributed by atoms with Crippen molar-refractivity contribution in [1.82, 2.24) is 15.3 Å². The summed E-state index contributed by atoms with van der Waals surface area (Å²) in [6, 6.07) is 1.82. The Kier molecular flexibility index (Phi) is 5.31. The number of hydrogen-bond acceptors (Lipinski definition) is 4. The molecule has 1 aromatic heterocycles. The van der Waals surface area contributed by atoms with Crippen LogP contribution in [0.1, 0.15) is 12.1 Å². The van der Waals surface area contributed by atoms with Crippen LogP contribution >= 0.6 is 12.4 Å². The molecule has 2 rings (SSSR count). The van der Waals surface area contributed by atoms with Crippen molar-refractivity contribution < 1.29 is 4.21 Å². The second-order valence-electron chi connectivity index (χ2n) is 3.85. The van der Waals surface area contributed by atoms with Crippen molar-refractivity contribution in [3.05, 3.63) is 18.0 Å². The standard InChI is InChI=1S/C10H15N3OS.ClH/c1-8-2-5-12-10(13-8)15(14)7-9-3-4-11-6-9;/h2,5,9,11H,3-4,6-7H2,1H3;1H. The largest absolute Gasteiger partial charge is 0.316 e. The topological polar surface area (TPSA) is 54.9 Å². The van der Waals surface area contributed by atoms with Gasteiger partial charge in [-0.1, -0.05) is 0 Å². The second kappa shape index (κ2) is 6.27. The van der Waals surface area contributed by atoms with Crippen LogP contribution in [0, 0.1) is 12.8 Å². The van der Waals surface area contributed by atoms with Crippen LogP contribution in [0.4, 0.5) is 0 Å². The van der Waals surface area contributed by atoms with Crippen LogP contribution in [0.5, 0.6) is 0 Å². The third-order valence-electron chi connectivity index (χ3n) is 2.53. The predicted octanol–water partition coefficient (Wildman–Crippen LogP) is 0.924. The van der Waals surface area contributed by atoms with E-state index in [1.54, 1.807) is 6.20 Å². The molecule has 1 fully saturated rings. The van der Waals surface area contributed by atoms with E-state index in [0.29, 0.717) is 16.8 Å². The maximum absolute atomic E-state index is 11.9. The molecule has 0 amide bonds. The second-order valence-corrected chi connectivity index (χ2v) is 5.24. The number of nitrogens with zero attached hydrogens (tertiary/aromatic N) is 2. The van der Waals surface area contributed by atoms with E-state index in [1.165, 1.54) is 0 Å². The van der Waals surface area contributed by atoms with Crippen LogP contribution < -0.4 is 5.32 Å². The summed E-state index contributed by atoms with van der Waals surface area (Å²) in [5.74, 6) is 1.19. The Morgan fingerprint density at radius 3 is 3.06 bits per heavy atom. The van der Waals surface area contributed by atoms with Gasteiger partial charge in [0.1, 0.15) is 0 Å². The fourth-order valence-electron chi connectivity index (χ4n) is 1.68. The molecule has 0 radical (unpaired) electrons. The van der Waals surface area contributed by atoms with Gasteiger partial charge in [-0.15, -0.1) is 12.4 Å². The molecule has 2 unspecified atom stereocenters. The molecule has 1 N–H and O–H groups in total. The summed E-state index contributed by atoms with van der Waals surface area (Å²) < 4.78 is 11.9. The zero-order chi connectivity index (χ0) is 10.7. The first-order chi connectivity index (χ1) is 7.25. The molecule has 4 nitrogen and oxygen atoms in total. The van der Waals surface area contributed by atoms with E-state index < -0.39 is 10.8 Å². The molecule has 1 aliphatic rings. The summed E-state index contributed by atoms with van der Waals surface area (Å²) in [7, 11) is -1.05. The lowest BCUT2D eigenvalue weighted by atomic mass is 10.2. The maximum atomic E-state index is 11.9. The van der Waals surface area contributed by atoms with Crippen molar-refractivity contribution in [2.24, 2.45) is 5.92 Å². The molecule has 90 valence electrons. The van der Waals surface area contributed by atoms with Gasteiger partial charge in [-0.3, -0.25) is 4.21 Å². The number of rotatable bonds is 3. The number of halogens is 1. The lowest BCUT2D eigenvalue weighted by Crippen LogP contribution is -2.16. The summed E-state index contributed by atoms with van der Waals surface area (Å²) in [5.41, 5.74) is 0.873. The molecular formula is C10H16ClN3OS. The van der Waals surface area contributed by atoms with Gasteiger partial charge in [-0.05, 0) is 38.4 Å². The van der Waals surface area contributed by atoms with E-state index in [2.05, 4.69) is 15.3 Å². The predicted molar refractivity (Wildman–Crippen MR) is 66.3 cm³/mol. The maximum Gasteiger partial charge on any atom is 0.218 e. The summed E-state index contributed by atoms with van der Waals surface area (Å²) in [6.07, 6.45) is 2.78. The van der Waals surface area contributed by atoms with Crippen LogP contribution in [-0.4, -0.2) is 33.0 Å². The summed E-state index contributed by atoms with van der Waals surface area (Å²) in [6.45, 7) is 3.90. The summed E-state index contributed by atoms with van der Waals surface area (Å²) >= 11 is 0. The Labute approximate surface area is 104 Å². The number of nitrogens with one attached hydrogen (secondary N) is 1. The van der Waals surface area contributed by atoms with Crippen LogP contribution in [0.3, 0.4) is 0 Å². The van der Waals surface area contributed by atoms with Crippen molar-refractivity contribution in [3.63, 3.8) is 0 Å². The first kappa shape index (κ1) is 13.5. The fraction of sp³-hybridized carbons (Fsp3) is 0.600. The Morgan fingerprint density at radius 1 is 1.62 bits per heavy atom. The van der Waals surface area contributed by atoms with Gasteiger partial charge in [0, 0.05) is 17.6 Å². The number of hydrogen-bond donors (Lipinski definition) is 1. The highest BCUT2D eigenvalue weighted by atomic mass is 35.5. The van der Waals surface area contributed by atoms with Gasteiger partial charge in [-0.25, -0.2) is 9.97 Å². The van der Waals surface area contributed by atoms with Gasteiger partial charge in [0.15, 0.2) is 0 Å². The van der Waals surface area contributed by atoms with Crippen molar-refractivity contribution in [2.75, 3.05) is 18.8 Å². The Bertz CT molecular complexity index is 369. The van der Waals surface area contributed by atoms with Crippen molar-refractivity contribution in [3.8, 4) is 0 Å². The van der Waals surface area contributed by atoms with Crippen LogP contribution in [0.15, 0.2) is 17.4 Å². The highest BCUT2D eigenvalue weighted by molar-refractivity contribution is 7.84. The SMILES string of the molecule is Cc1ccnc(S(=O)CC2CCNC2)n1.Cl. The number of aromatic nitrogens is 2. The third kappa shape index (κ3) is 3.50. The highest BCUT2D eigenvalue weighted by Gasteiger charge is 2.19. The van der Waals surface area contributed by atoms with Crippen LogP contribution in [0.25, 0.3) is 0 Å². The molecular weight excluding hydrogens is 246 g/mol. The van der Waals surface area contributed by atoms with E-state index in [-0.39, 0.29) is 12.4 Å². The lowest BCUT2D eigenvalue weighted by molar-refractivity contribution is 0.627. The smallest absolute Gasteiger partial charge is 0.218 e. The number of aryl methyl sites for hydroxylation is 1. The molecule has 0 spiro atoms. The molecule has 0 bridgehead atoms. The molecule has 16 heavy (non-hydrogen) atoms. The monoisotopic (exact) mass is 261 g/mol. The molecule has 0 aliphatic carbocycles. The fourth-order valence-corrected chi connectivity index (χ4v) is 2.97. The van der Waals surface area contributed by atoms with Gasteiger partial charge in [0.25, 0.3) is 0 Å². The minimum absolute atomic E-state index is 0. The average molecular weight is 262 g/mol. The summed E-state index contributed by atoms with van der Waals surface area (Å²) in [4.78, 5) is 8.23. The Hall–Kier alpha value is -0.520. The van der Waals surface area contributed by atoms with Crippen LogP contribution in [0.2, 0.25) is 0 Å². The minimum atomic E-state index is -1.05. The first-order valence-electron chi connectivity index (χ1n) is 5.14. The van der Waals surface area contributed by atoms with Crippen molar-refractivity contribution in [2.45, 2.75) is 18.5 Å². The van der Waals surface area contributed by atoms with E-state index in [4.69, 9.17) is 0 Å². The molecule has 2 atom stereocenters. The average Bonchev–Trinajstić information content (AvgIpc) is 2.70. The molecule has 0 aromatic carbocycles. The van der Waals surface area contributed by atoms with Gasteiger partial charge in [-0.2, -0.15) is 0 Å². The quantitative estimate of drug-likeness (QED) is 0.823. The normalized spacial score (nSPS) is 21.4. The molecule has 1 aliphatic heterocycles. The van der Waals surface area contributed by atoms with E-state index in [9.17, 15) is 4.21 Å². The zero-order valence-electron chi connectivity index (χ0n) is 9.18. The van der Waals surface area contributed by atoms with Crippen LogP contribution in [-0.2, 0) is 10.8 Å². The van der Waals surface area contributed by atoms with Crippen molar-refractivity contribution in [1.29, 1.82) is 0 Å². The van der Waals surface area contributed by atoms with Gasteiger partial charge < -0.3 is 5.32 Å². The first-order valence-corrected chi connectivity index (χ1v) is 6.46. The van der Waals surface area contributed by atoms with Crippen molar-refractivity contribution >= 4 is 23.2 Å². The zero-order valence-corrected chi connectivity index (χ0v) is 10.8. The summed E-state index contributed by atoms with van der Waals surface area (Å²) in [5, 5.41) is 3.74. The van der Waals surface area contributed by atoms with Gasteiger partial charge >= 0.3 is 0 Å². The lowest BCUT2D eigenvalue weighted by Gasteiger charge is -2.06. The molecule has 0 saturated carbocycles. The van der Waals surface area contributed by atoms with E-state index in [0.717, 1.165) is 25.2 Å². The third-order valence-corrected chi connectivity index (χ3v) is 3.90. The van der Waals surface area contributed by atoms with Gasteiger partial charge in [0.2, 0.25) is 5.16 Å². The van der Waals surface area contributed by atoms with Gasteiger partial charge in [0.05, 0.1) is 10.8 Å². The highest BCUT2D eigenvalue weighted by Crippen LogP contribution is 2.12. The molecule has 2 heterocycles. The van der Waals surface area contributed by atoms with E-state index >= 15 is 0 Å². The molecule has 1 aromatic rings. The Balaban J connectivity index is 0.00000128. The Morgan fingerprint density at radius 2 is 2.44 bits per heavy atom. The van der Waals surface area contributed by atoms with E-state index in [1.807, 2.05) is 13.0 Å². The minimum Gasteiger partial charge on any atom is -0.316 e. The molecule has 6 heteroatoms.